The highest BCUT2D eigenvalue weighted by Crippen LogP contribution is 2.59. The summed E-state index contributed by atoms with van der Waals surface area (Å²) in [6.45, 7) is 1.52. The Kier molecular flexibility index (Phi) is 9.20. The Morgan fingerprint density at radius 2 is 0.964 bits per heavy atom. The molecule has 1 N–H and O–H groups in total. The molecule has 0 fully saturated rings. The third kappa shape index (κ3) is 6.27. The lowest BCUT2D eigenvalue weighted by Crippen LogP contribution is -2.32. The highest BCUT2D eigenvalue weighted by atomic mass is 16.5. The van der Waals surface area contributed by atoms with E-state index >= 15 is 0 Å². The average molecular weight is 719 g/mol. The molecular weight excluding hydrogens is 673 g/mol. The maximum absolute atomic E-state index is 12.2. The van der Waals surface area contributed by atoms with E-state index in [9.17, 15) is 9.90 Å². The number of esters is 1. The smallest absolute Gasteiger partial charge is 0.303 e. The van der Waals surface area contributed by atoms with E-state index in [1.807, 2.05) is 18.2 Å². The number of carbonyl (C=O) groups is 1. The van der Waals surface area contributed by atoms with Gasteiger partial charge in [-0.25, -0.2) is 0 Å². The summed E-state index contributed by atoms with van der Waals surface area (Å²) < 4.78 is 6.07. The Balaban J connectivity index is 0.000000145. The lowest BCUT2D eigenvalue weighted by molar-refractivity contribution is -0.151. The van der Waals surface area contributed by atoms with Crippen LogP contribution in [0.2, 0.25) is 0 Å². The van der Waals surface area contributed by atoms with Gasteiger partial charge in [-0.05, 0) is 105 Å². The first kappa shape index (κ1) is 35.0. The second kappa shape index (κ2) is 14.5. The Labute approximate surface area is 324 Å². The van der Waals surface area contributed by atoms with Crippen LogP contribution in [0.25, 0.3) is 11.1 Å². The van der Waals surface area contributed by atoms with Crippen molar-refractivity contribution in [2.45, 2.75) is 57.7 Å². The van der Waals surface area contributed by atoms with E-state index in [1.54, 1.807) is 0 Å². The molecule has 0 aliphatic heterocycles. The molecular formula is C52H46O3. The van der Waals surface area contributed by atoms with Crippen LogP contribution in [0.1, 0.15) is 74.8 Å². The van der Waals surface area contributed by atoms with Crippen LogP contribution in [-0.2, 0) is 48.1 Å². The molecule has 55 heavy (non-hydrogen) atoms. The molecule has 0 aromatic heterocycles. The van der Waals surface area contributed by atoms with Crippen LogP contribution in [0, 0.1) is 10.8 Å². The van der Waals surface area contributed by atoms with Crippen molar-refractivity contribution in [2.75, 3.05) is 0 Å². The van der Waals surface area contributed by atoms with E-state index in [4.69, 9.17) is 4.74 Å². The van der Waals surface area contributed by atoms with E-state index in [0.29, 0.717) is 0 Å². The van der Waals surface area contributed by atoms with E-state index < -0.39 is 6.10 Å². The van der Waals surface area contributed by atoms with Gasteiger partial charge in [0.05, 0.1) is 6.10 Å². The van der Waals surface area contributed by atoms with Crippen LogP contribution in [0.5, 0.6) is 0 Å². The molecule has 3 nitrogen and oxygen atoms in total. The van der Waals surface area contributed by atoms with E-state index in [0.717, 1.165) is 49.7 Å². The third-order valence-electron chi connectivity index (χ3n) is 12.5. The molecule has 0 heterocycles. The zero-order valence-corrected chi connectivity index (χ0v) is 31.3. The topological polar surface area (TPSA) is 46.5 Å². The number of hydrogen-bond donors (Lipinski definition) is 1. The van der Waals surface area contributed by atoms with Gasteiger partial charge in [0.25, 0.3) is 0 Å². The number of rotatable bonds is 7. The predicted molar refractivity (Wildman–Crippen MR) is 221 cm³/mol. The zero-order valence-electron chi connectivity index (χ0n) is 31.3. The summed E-state index contributed by atoms with van der Waals surface area (Å²) in [6.07, 6.45) is 9.29. The number of ether oxygens (including phenoxy) is 1. The lowest BCUT2D eigenvalue weighted by Gasteiger charge is -2.37. The minimum atomic E-state index is -0.476. The molecule has 272 valence electrons. The van der Waals surface area contributed by atoms with Crippen LogP contribution in [-0.4, -0.2) is 11.1 Å². The van der Waals surface area contributed by atoms with Gasteiger partial charge in [-0.3, -0.25) is 4.79 Å². The number of aliphatic hydroxyl groups is 1. The fourth-order valence-corrected chi connectivity index (χ4v) is 10.1. The summed E-state index contributed by atoms with van der Waals surface area (Å²) in [7, 11) is 0. The molecule has 0 saturated carbocycles. The number of aliphatic hydroxyl groups excluding tert-OH is 1. The molecule has 3 heteroatoms. The van der Waals surface area contributed by atoms with Gasteiger partial charge < -0.3 is 9.84 Å². The Bertz CT molecular complexity index is 2420. The summed E-state index contributed by atoms with van der Waals surface area (Å²) in [4.78, 5) is 12.2. The Morgan fingerprint density at radius 3 is 1.51 bits per heavy atom. The second-order valence-electron chi connectivity index (χ2n) is 15.7. The van der Waals surface area contributed by atoms with Crippen molar-refractivity contribution < 1.29 is 14.6 Å². The van der Waals surface area contributed by atoms with Crippen molar-refractivity contribution in [3.05, 3.63) is 226 Å². The van der Waals surface area contributed by atoms with Crippen LogP contribution >= 0.6 is 0 Å². The van der Waals surface area contributed by atoms with Crippen molar-refractivity contribution in [3.63, 3.8) is 0 Å². The average Bonchev–Trinajstić information content (AvgIpc) is 3.99. The number of allylic oxidation sites excluding steroid dienone is 2. The summed E-state index contributed by atoms with van der Waals surface area (Å²) in [5, 5.41) is 11.5. The van der Waals surface area contributed by atoms with Gasteiger partial charge in [-0.1, -0.05) is 170 Å². The van der Waals surface area contributed by atoms with Crippen molar-refractivity contribution >= 4 is 17.1 Å². The van der Waals surface area contributed by atoms with Gasteiger partial charge in [0, 0.05) is 17.8 Å². The summed E-state index contributed by atoms with van der Waals surface area (Å²) in [5.41, 5.74) is 14.7. The van der Waals surface area contributed by atoms with Crippen molar-refractivity contribution in [2.24, 2.45) is 10.8 Å². The molecule has 4 aliphatic carbocycles. The minimum absolute atomic E-state index is 0.226. The van der Waals surface area contributed by atoms with Crippen LogP contribution < -0.4 is 0 Å². The third-order valence-corrected chi connectivity index (χ3v) is 12.5. The fraction of sp³-hybridized carbons (Fsp3) is 0.212. The monoisotopic (exact) mass is 718 g/mol. The van der Waals surface area contributed by atoms with Gasteiger partial charge in [0.1, 0.15) is 6.10 Å². The minimum Gasteiger partial charge on any atom is -0.457 e. The van der Waals surface area contributed by atoms with Crippen LogP contribution in [0.3, 0.4) is 0 Å². The second-order valence-corrected chi connectivity index (χ2v) is 15.7. The number of benzene rings is 6. The predicted octanol–water partition coefficient (Wildman–Crippen LogP) is 10.9. The molecule has 0 spiro atoms. The first-order chi connectivity index (χ1) is 26.9. The highest BCUT2D eigenvalue weighted by molar-refractivity contribution is 5.81. The first-order valence-corrected chi connectivity index (χ1v) is 19.6. The van der Waals surface area contributed by atoms with Gasteiger partial charge in [-0.2, -0.15) is 0 Å². The van der Waals surface area contributed by atoms with Crippen molar-refractivity contribution in [3.8, 4) is 0 Å². The maximum atomic E-state index is 12.2. The standard InChI is InChI=1S/C27H24O2.C25H22O/c1-19(28)29-26-24-14-8-6-12-22(24)18-27(26,17-20-9-3-2-4-10-20)25-16-15-21-11-5-7-13-23(21)25;26-24-22-13-7-5-11-20(22)17-25(24,16-18-8-2-1-3-9-18)23-15-14-19-10-4-6-12-21(19)23/h2-14,16,26H,15,17-18H2,1H3;1-13,15,24,26H,14,16-17H2. The van der Waals surface area contributed by atoms with Crippen LogP contribution in [0.4, 0.5) is 0 Å². The van der Waals surface area contributed by atoms with E-state index in [-0.39, 0.29) is 22.9 Å². The molecule has 0 saturated heterocycles. The molecule has 0 amide bonds. The fourth-order valence-electron chi connectivity index (χ4n) is 10.1. The summed E-state index contributed by atoms with van der Waals surface area (Å²) in [6, 6.07) is 55.3. The van der Waals surface area contributed by atoms with Gasteiger partial charge >= 0.3 is 5.97 Å². The zero-order chi connectivity index (χ0) is 37.4. The normalized spacial score (nSPS) is 22.7. The van der Waals surface area contributed by atoms with Gasteiger partial charge in [-0.15, -0.1) is 0 Å². The summed E-state index contributed by atoms with van der Waals surface area (Å²) in [5.74, 6) is -0.226. The highest BCUT2D eigenvalue weighted by Gasteiger charge is 2.52. The van der Waals surface area contributed by atoms with Crippen molar-refractivity contribution in [1.82, 2.24) is 0 Å². The van der Waals surface area contributed by atoms with E-state index in [1.165, 1.54) is 62.6 Å². The van der Waals surface area contributed by atoms with Crippen LogP contribution in [0.15, 0.2) is 170 Å². The number of hydrogen-bond acceptors (Lipinski definition) is 3. The molecule has 4 aliphatic rings. The summed E-state index contributed by atoms with van der Waals surface area (Å²) >= 11 is 0. The molecule has 6 aromatic carbocycles. The largest absolute Gasteiger partial charge is 0.457 e. The van der Waals surface area contributed by atoms with Gasteiger partial charge in [0.15, 0.2) is 0 Å². The number of carbonyl (C=O) groups excluding carboxylic acids is 1. The molecule has 4 unspecified atom stereocenters. The molecule has 0 bridgehead atoms. The Morgan fingerprint density at radius 1 is 0.545 bits per heavy atom. The molecule has 4 atom stereocenters. The molecule has 6 aromatic rings. The van der Waals surface area contributed by atoms with E-state index in [2.05, 4.69) is 152 Å². The maximum Gasteiger partial charge on any atom is 0.303 e. The SMILES string of the molecule is CC(=O)OC1c2ccccc2CC1(Cc1ccccc1)C1=CCc2ccccc21.OC1c2ccccc2CC1(Cc1ccccc1)C1=CCc2ccccc21. The first-order valence-electron chi connectivity index (χ1n) is 19.6. The van der Waals surface area contributed by atoms with Crippen molar-refractivity contribution in [1.29, 1.82) is 0 Å². The quantitative estimate of drug-likeness (QED) is 0.167. The Hall–Kier alpha value is -5.77. The number of fused-ring (bicyclic) bond motifs is 4. The van der Waals surface area contributed by atoms with Gasteiger partial charge in [0.2, 0.25) is 0 Å². The molecule has 0 radical (unpaired) electrons. The molecule has 10 rings (SSSR count). The lowest BCUT2D eigenvalue weighted by atomic mass is 9.69.